The van der Waals surface area contributed by atoms with Crippen molar-refractivity contribution < 1.29 is 0 Å². The highest BCUT2D eigenvalue weighted by Crippen LogP contribution is 2.14. The van der Waals surface area contributed by atoms with Crippen LogP contribution in [0.3, 0.4) is 0 Å². The fraction of sp³-hybridized carbons (Fsp3) is 0.733. The van der Waals surface area contributed by atoms with E-state index in [1.54, 1.807) is 0 Å². The largest absolute Gasteiger partial charge is 0.357 e. The summed E-state index contributed by atoms with van der Waals surface area (Å²) in [5.41, 5.74) is 0. The summed E-state index contributed by atoms with van der Waals surface area (Å²) in [4.78, 5) is 7.12. The molecule has 0 saturated carbocycles. The number of likely N-dealkylation sites (tertiary alicyclic amines) is 1. The maximum Gasteiger partial charge on any atom is 0.191 e. The molecule has 1 aliphatic heterocycles. The molecule has 1 atom stereocenters. The summed E-state index contributed by atoms with van der Waals surface area (Å²) >= 11 is 0. The summed E-state index contributed by atoms with van der Waals surface area (Å²) in [6.07, 6.45) is 7.41. The van der Waals surface area contributed by atoms with Crippen LogP contribution in [-0.4, -0.2) is 59.9 Å². The van der Waals surface area contributed by atoms with E-state index in [0.29, 0.717) is 6.04 Å². The fourth-order valence-electron chi connectivity index (χ4n) is 2.63. The van der Waals surface area contributed by atoms with E-state index in [2.05, 4.69) is 34.6 Å². The molecule has 6 nitrogen and oxygen atoms in total. The van der Waals surface area contributed by atoms with E-state index in [4.69, 9.17) is 4.99 Å². The zero-order valence-electron chi connectivity index (χ0n) is 13.7. The zero-order chi connectivity index (χ0) is 14.9. The van der Waals surface area contributed by atoms with Crippen molar-refractivity contribution in [3.05, 3.63) is 18.5 Å². The molecule has 126 valence electrons. The highest BCUT2D eigenvalue weighted by Gasteiger charge is 2.20. The fourth-order valence-corrected chi connectivity index (χ4v) is 2.63. The number of nitrogens with zero attached hydrogens (tertiary/aromatic N) is 4. The highest BCUT2D eigenvalue weighted by atomic mass is 127. The lowest BCUT2D eigenvalue weighted by atomic mass is 10.2. The third-order valence-corrected chi connectivity index (χ3v) is 3.89. The van der Waals surface area contributed by atoms with Gasteiger partial charge in [0, 0.05) is 38.1 Å². The molecule has 0 bridgehead atoms. The molecule has 22 heavy (non-hydrogen) atoms. The van der Waals surface area contributed by atoms with Gasteiger partial charge in [-0.25, -0.2) is 0 Å². The van der Waals surface area contributed by atoms with E-state index >= 15 is 0 Å². The second-order valence-corrected chi connectivity index (χ2v) is 5.55. The lowest BCUT2D eigenvalue weighted by molar-refractivity contribution is 0.317. The van der Waals surface area contributed by atoms with Crippen LogP contribution in [0.15, 0.2) is 23.5 Å². The summed E-state index contributed by atoms with van der Waals surface area (Å²) in [5, 5.41) is 10.9. The van der Waals surface area contributed by atoms with Gasteiger partial charge in [0.05, 0.1) is 6.54 Å². The van der Waals surface area contributed by atoms with E-state index in [1.807, 2.05) is 23.1 Å². The number of hydrogen-bond acceptors (Lipinski definition) is 3. The molecule has 7 heteroatoms. The molecule has 1 fully saturated rings. The highest BCUT2D eigenvalue weighted by molar-refractivity contribution is 14.0. The first-order valence-electron chi connectivity index (χ1n) is 7.99. The summed E-state index contributed by atoms with van der Waals surface area (Å²) in [7, 11) is 2.19. The number of aryl methyl sites for hydroxylation is 1. The minimum absolute atomic E-state index is 0. The quantitative estimate of drug-likeness (QED) is 0.304. The van der Waals surface area contributed by atoms with Gasteiger partial charge in [0.25, 0.3) is 0 Å². The normalized spacial score (nSPS) is 19.0. The average molecular weight is 420 g/mol. The SMILES string of the molecule is CCNC(=NCC1CCCN1C)NCCCn1cccn1.I. The molecule has 0 radical (unpaired) electrons. The lowest BCUT2D eigenvalue weighted by Gasteiger charge is -2.18. The lowest BCUT2D eigenvalue weighted by Crippen LogP contribution is -2.39. The number of rotatable bonds is 7. The molecule has 2 N–H and O–H groups in total. The van der Waals surface area contributed by atoms with E-state index in [9.17, 15) is 0 Å². The van der Waals surface area contributed by atoms with E-state index < -0.39 is 0 Å². The number of likely N-dealkylation sites (N-methyl/N-ethyl adjacent to an activating group) is 1. The maximum atomic E-state index is 4.71. The second kappa shape index (κ2) is 10.8. The van der Waals surface area contributed by atoms with Gasteiger partial charge < -0.3 is 15.5 Å². The first-order valence-corrected chi connectivity index (χ1v) is 7.99. The maximum absolute atomic E-state index is 4.71. The molecule has 1 aliphatic rings. The van der Waals surface area contributed by atoms with Crippen LogP contribution in [0.1, 0.15) is 26.2 Å². The molecule has 1 aromatic heterocycles. The predicted octanol–water partition coefficient (Wildman–Crippen LogP) is 1.54. The molecule has 1 unspecified atom stereocenters. The summed E-state index contributed by atoms with van der Waals surface area (Å²) < 4.78 is 1.96. The van der Waals surface area contributed by atoms with Crippen LogP contribution >= 0.6 is 24.0 Å². The molecule has 1 saturated heterocycles. The average Bonchev–Trinajstić information content (AvgIpc) is 3.12. The predicted molar refractivity (Wildman–Crippen MR) is 102 cm³/mol. The van der Waals surface area contributed by atoms with Gasteiger partial charge in [0.15, 0.2) is 5.96 Å². The van der Waals surface area contributed by atoms with Crippen molar-refractivity contribution >= 4 is 29.9 Å². The first kappa shape index (κ1) is 19.2. The third kappa shape index (κ3) is 6.51. The number of nitrogens with one attached hydrogen (secondary N) is 2. The van der Waals surface area contributed by atoms with Gasteiger partial charge in [-0.2, -0.15) is 5.10 Å². The molecule has 2 heterocycles. The second-order valence-electron chi connectivity index (χ2n) is 5.55. The molecule has 2 rings (SSSR count). The van der Waals surface area contributed by atoms with Crippen molar-refractivity contribution in [1.82, 2.24) is 25.3 Å². The number of hydrogen-bond donors (Lipinski definition) is 2. The topological polar surface area (TPSA) is 57.5 Å². The number of aromatic nitrogens is 2. The van der Waals surface area contributed by atoms with Crippen LogP contribution in [-0.2, 0) is 6.54 Å². The Morgan fingerprint density at radius 3 is 2.91 bits per heavy atom. The van der Waals surface area contributed by atoms with Crippen molar-refractivity contribution in [2.45, 2.75) is 38.8 Å². The zero-order valence-corrected chi connectivity index (χ0v) is 16.0. The number of halogens is 1. The molecule has 0 aromatic carbocycles. The van der Waals surface area contributed by atoms with Crippen LogP contribution in [0, 0.1) is 0 Å². The first-order chi connectivity index (χ1) is 10.3. The van der Waals surface area contributed by atoms with Crippen LogP contribution in [0.4, 0.5) is 0 Å². The third-order valence-electron chi connectivity index (χ3n) is 3.89. The van der Waals surface area contributed by atoms with Gasteiger partial charge in [0.1, 0.15) is 0 Å². The molecule has 0 spiro atoms. The van der Waals surface area contributed by atoms with Crippen molar-refractivity contribution in [2.24, 2.45) is 4.99 Å². The minimum Gasteiger partial charge on any atom is -0.357 e. The Balaban J connectivity index is 0.00000242. The van der Waals surface area contributed by atoms with Crippen molar-refractivity contribution in [3.63, 3.8) is 0 Å². The molecule has 1 aromatic rings. The Labute approximate surface area is 150 Å². The Morgan fingerprint density at radius 2 is 2.27 bits per heavy atom. The number of guanidine groups is 1. The Bertz CT molecular complexity index is 420. The standard InChI is InChI=1S/C15H28N6.HI/c1-3-16-15(18-13-14-7-4-10-20(14)2)17-8-5-11-21-12-6-9-19-21;/h6,9,12,14H,3-5,7-8,10-11,13H2,1-2H3,(H2,16,17,18);1H. The summed E-state index contributed by atoms with van der Waals surface area (Å²) in [6, 6.07) is 2.56. The van der Waals surface area contributed by atoms with Crippen LogP contribution in [0.2, 0.25) is 0 Å². The van der Waals surface area contributed by atoms with Gasteiger partial charge in [0.2, 0.25) is 0 Å². The van der Waals surface area contributed by atoms with Gasteiger partial charge in [-0.1, -0.05) is 0 Å². The van der Waals surface area contributed by atoms with Crippen molar-refractivity contribution in [3.8, 4) is 0 Å². The molecular weight excluding hydrogens is 391 g/mol. The smallest absolute Gasteiger partial charge is 0.191 e. The molecule has 0 aliphatic carbocycles. The van der Waals surface area contributed by atoms with Gasteiger partial charge in [-0.3, -0.25) is 9.67 Å². The summed E-state index contributed by atoms with van der Waals surface area (Å²) in [5.74, 6) is 0.929. The number of aliphatic imine (C=N–C) groups is 1. The van der Waals surface area contributed by atoms with E-state index in [1.165, 1.54) is 19.4 Å². The monoisotopic (exact) mass is 420 g/mol. The van der Waals surface area contributed by atoms with Crippen LogP contribution < -0.4 is 10.6 Å². The van der Waals surface area contributed by atoms with Gasteiger partial charge in [-0.05, 0) is 45.8 Å². The molecular formula is C15H29IN6. The van der Waals surface area contributed by atoms with Crippen LogP contribution in [0.5, 0.6) is 0 Å². The Kier molecular flexibility index (Phi) is 9.45. The van der Waals surface area contributed by atoms with Gasteiger partial charge >= 0.3 is 0 Å². The van der Waals surface area contributed by atoms with E-state index in [0.717, 1.165) is 38.6 Å². The molecule has 0 amide bonds. The van der Waals surface area contributed by atoms with E-state index in [-0.39, 0.29) is 24.0 Å². The van der Waals surface area contributed by atoms with Gasteiger partial charge in [-0.15, -0.1) is 24.0 Å². The Hall–Kier alpha value is -0.830. The Morgan fingerprint density at radius 1 is 1.41 bits per heavy atom. The summed E-state index contributed by atoms with van der Waals surface area (Å²) in [6.45, 7) is 6.92. The van der Waals surface area contributed by atoms with Crippen LogP contribution in [0.25, 0.3) is 0 Å². The van der Waals surface area contributed by atoms with Crippen molar-refractivity contribution in [1.29, 1.82) is 0 Å². The van der Waals surface area contributed by atoms with Crippen molar-refractivity contribution in [2.75, 3.05) is 33.2 Å². The minimum atomic E-state index is 0.